The zero-order chi connectivity index (χ0) is 23.6. The SMILES string of the molecule is CC(C)N(CCN1C(=O)[C@@H](C)S[C@@H]1c1cccc(C(F)(F)F)c1)C(=O)c1ccc(F)cc1. The van der Waals surface area contributed by atoms with E-state index in [9.17, 15) is 27.2 Å². The second-order valence-electron chi connectivity index (χ2n) is 7.88. The quantitative estimate of drug-likeness (QED) is 0.536. The monoisotopic (exact) mass is 468 g/mol. The Morgan fingerprint density at radius 1 is 1.16 bits per heavy atom. The van der Waals surface area contributed by atoms with Gasteiger partial charge in [-0.05, 0) is 62.7 Å². The zero-order valence-corrected chi connectivity index (χ0v) is 18.7. The van der Waals surface area contributed by atoms with Crippen LogP contribution in [-0.2, 0) is 11.0 Å². The van der Waals surface area contributed by atoms with Crippen molar-refractivity contribution in [1.82, 2.24) is 9.80 Å². The summed E-state index contributed by atoms with van der Waals surface area (Å²) in [5.41, 5.74) is -0.0497. The molecule has 1 heterocycles. The molecule has 0 saturated carbocycles. The summed E-state index contributed by atoms with van der Waals surface area (Å²) in [6.07, 6.45) is -4.48. The third-order valence-electron chi connectivity index (χ3n) is 5.30. The van der Waals surface area contributed by atoms with Crippen LogP contribution in [0.1, 0.15) is 47.6 Å². The van der Waals surface area contributed by atoms with Crippen molar-refractivity contribution >= 4 is 23.6 Å². The van der Waals surface area contributed by atoms with Crippen LogP contribution in [0.5, 0.6) is 0 Å². The number of thioether (sulfide) groups is 1. The Morgan fingerprint density at radius 2 is 1.81 bits per heavy atom. The van der Waals surface area contributed by atoms with Crippen LogP contribution < -0.4 is 0 Å². The van der Waals surface area contributed by atoms with E-state index < -0.39 is 28.2 Å². The van der Waals surface area contributed by atoms with Gasteiger partial charge in [-0.15, -0.1) is 11.8 Å². The van der Waals surface area contributed by atoms with Gasteiger partial charge >= 0.3 is 6.18 Å². The van der Waals surface area contributed by atoms with Crippen LogP contribution in [0.2, 0.25) is 0 Å². The molecule has 1 saturated heterocycles. The molecular formula is C23H24F4N2O2S. The van der Waals surface area contributed by atoms with Gasteiger partial charge < -0.3 is 9.80 Å². The van der Waals surface area contributed by atoms with Gasteiger partial charge in [-0.3, -0.25) is 9.59 Å². The first-order valence-corrected chi connectivity index (χ1v) is 11.1. The number of amides is 2. The Hall–Kier alpha value is -2.55. The summed E-state index contributed by atoms with van der Waals surface area (Å²) >= 11 is 1.28. The Bertz CT molecular complexity index is 979. The lowest BCUT2D eigenvalue weighted by molar-refractivity contribution is -0.137. The van der Waals surface area contributed by atoms with Gasteiger partial charge in [0.2, 0.25) is 5.91 Å². The van der Waals surface area contributed by atoms with Gasteiger partial charge in [0, 0.05) is 24.7 Å². The molecule has 2 aromatic rings. The Balaban J connectivity index is 1.81. The number of carbonyl (C=O) groups is 2. The number of rotatable bonds is 6. The second-order valence-corrected chi connectivity index (χ2v) is 9.31. The fourth-order valence-corrected chi connectivity index (χ4v) is 4.90. The van der Waals surface area contributed by atoms with E-state index in [1.165, 1.54) is 47.0 Å². The van der Waals surface area contributed by atoms with Crippen molar-refractivity contribution in [3.63, 3.8) is 0 Å². The standard InChI is InChI=1S/C23H24F4N2O2S/c1-14(2)28(21(31)16-7-9-19(24)10-8-16)11-12-29-20(30)15(3)32-22(29)17-5-4-6-18(13-17)23(25,26)27/h4-10,13-15,22H,11-12H2,1-3H3/t15-,22-/m1/s1. The van der Waals surface area contributed by atoms with Crippen LogP contribution in [0.4, 0.5) is 17.6 Å². The van der Waals surface area contributed by atoms with Crippen molar-refractivity contribution in [1.29, 1.82) is 0 Å². The molecule has 1 fully saturated rings. The predicted octanol–water partition coefficient (Wildman–Crippen LogP) is 5.36. The fraction of sp³-hybridized carbons (Fsp3) is 0.391. The van der Waals surface area contributed by atoms with Crippen LogP contribution in [0.3, 0.4) is 0 Å². The number of benzene rings is 2. The zero-order valence-electron chi connectivity index (χ0n) is 17.9. The summed E-state index contributed by atoms with van der Waals surface area (Å²) in [4.78, 5) is 28.8. The highest BCUT2D eigenvalue weighted by Gasteiger charge is 2.40. The fourth-order valence-electron chi connectivity index (χ4n) is 3.60. The largest absolute Gasteiger partial charge is 0.416 e. The Kier molecular flexibility index (Phi) is 7.17. The highest BCUT2D eigenvalue weighted by atomic mass is 32.2. The molecule has 2 amide bonds. The Labute approximate surface area is 188 Å². The van der Waals surface area contributed by atoms with E-state index in [1.807, 2.05) is 13.8 Å². The summed E-state index contributed by atoms with van der Waals surface area (Å²) in [6, 6.07) is 10.0. The molecule has 0 unspecified atom stereocenters. The van der Waals surface area contributed by atoms with Gasteiger partial charge in [0.15, 0.2) is 0 Å². The summed E-state index contributed by atoms with van der Waals surface area (Å²) in [5.74, 6) is -0.937. The van der Waals surface area contributed by atoms with Gasteiger partial charge in [-0.2, -0.15) is 13.2 Å². The first-order valence-electron chi connectivity index (χ1n) is 10.2. The lowest BCUT2D eigenvalue weighted by atomic mass is 10.1. The second kappa shape index (κ2) is 9.52. The molecular weight excluding hydrogens is 444 g/mol. The van der Waals surface area contributed by atoms with Crippen LogP contribution in [0.15, 0.2) is 48.5 Å². The molecule has 9 heteroatoms. The van der Waals surface area contributed by atoms with E-state index >= 15 is 0 Å². The van der Waals surface area contributed by atoms with Crippen molar-refractivity contribution in [3.05, 3.63) is 71.0 Å². The summed E-state index contributed by atoms with van der Waals surface area (Å²) < 4.78 is 52.7. The van der Waals surface area contributed by atoms with E-state index in [-0.39, 0.29) is 30.9 Å². The molecule has 0 aromatic heterocycles. The van der Waals surface area contributed by atoms with Crippen molar-refractivity contribution in [2.24, 2.45) is 0 Å². The van der Waals surface area contributed by atoms with Crippen molar-refractivity contribution in [3.8, 4) is 0 Å². The smallest absolute Gasteiger partial charge is 0.334 e. The average Bonchev–Trinajstić information content (AvgIpc) is 3.02. The highest BCUT2D eigenvalue weighted by molar-refractivity contribution is 8.01. The van der Waals surface area contributed by atoms with Gasteiger partial charge in [0.05, 0.1) is 10.8 Å². The molecule has 4 nitrogen and oxygen atoms in total. The van der Waals surface area contributed by atoms with Gasteiger partial charge in [-0.25, -0.2) is 4.39 Å². The maximum absolute atomic E-state index is 13.2. The Morgan fingerprint density at radius 3 is 2.41 bits per heavy atom. The molecule has 172 valence electrons. The van der Waals surface area contributed by atoms with Crippen molar-refractivity contribution in [2.75, 3.05) is 13.1 Å². The number of nitrogens with zero attached hydrogens (tertiary/aromatic N) is 2. The first-order chi connectivity index (χ1) is 15.0. The van der Waals surface area contributed by atoms with Crippen LogP contribution in [-0.4, -0.2) is 46.0 Å². The summed E-state index contributed by atoms with van der Waals surface area (Å²) in [5, 5.41) is -0.982. The third kappa shape index (κ3) is 5.26. The summed E-state index contributed by atoms with van der Waals surface area (Å²) in [7, 11) is 0. The average molecular weight is 469 g/mol. The summed E-state index contributed by atoms with van der Waals surface area (Å²) in [6.45, 7) is 5.74. The highest BCUT2D eigenvalue weighted by Crippen LogP contribution is 2.44. The minimum absolute atomic E-state index is 0.169. The molecule has 1 aliphatic rings. The molecule has 3 rings (SSSR count). The maximum Gasteiger partial charge on any atom is 0.416 e. The normalized spacial score (nSPS) is 19.0. The van der Waals surface area contributed by atoms with E-state index in [2.05, 4.69) is 0 Å². The van der Waals surface area contributed by atoms with E-state index in [0.29, 0.717) is 11.1 Å². The molecule has 1 aliphatic heterocycles. The lowest BCUT2D eigenvalue weighted by Gasteiger charge is -2.31. The van der Waals surface area contributed by atoms with Crippen molar-refractivity contribution in [2.45, 2.75) is 43.6 Å². The van der Waals surface area contributed by atoms with Crippen LogP contribution in [0, 0.1) is 5.82 Å². The molecule has 32 heavy (non-hydrogen) atoms. The van der Waals surface area contributed by atoms with E-state index in [0.717, 1.165) is 12.1 Å². The number of hydrogen-bond donors (Lipinski definition) is 0. The molecule has 0 bridgehead atoms. The predicted molar refractivity (Wildman–Crippen MR) is 116 cm³/mol. The minimum atomic E-state index is -4.48. The maximum atomic E-state index is 13.2. The number of alkyl halides is 3. The molecule has 2 atom stereocenters. The van der Waals surface area contributed by atoms with Crippen molar-refractivity contribution < 1.29 is 27.2 Å². The third-order valence-corrected chi connectivity index (χ3v) is 6.70. The molecule has 0 radical (unpaired) electrons. The topological polar surface area (TPSA) is 40.6 Å². The van der Waals surface area contributed by atoms with Crippen LogP contribution >= 0.6 is 11.8 Å². The first kappa shape index (κ1) is 24.1. The number of halogens is 4. The van der Waals surface area contributed by atoms with Gasteiger partial charge in [0.25, 0.3) is 5.91 Å². The molecule has 0 aliphatic carbocycles. The minimum Gasteiger partial charge on any atom is -0.334 e. The number of hydrogen-bond acceptors (Lipinski definition) is 3. The molecule has 0 spiro atoms. The van der Waals surface area contributed by atoms with Gasteiger partial charge in [-0.1, -0.05) is 12.1 Å². The lowest BCUT2D eigenvalue weighted by Crippen LogP contribution is -2.43. The van der Waals surface area contributed by atoms with E-state index in [4.69, 9.17) is 0 Å². The molecule has 2 aromatic carbocycles. The van der Waals surface area contributed by atoms with E-state index in [1.54, 1.807) is 17.9 Å². The van der Waals surface area contributed by atoms with Crippen LogP contribution in [0.25, 0.3) is 0 Å². The van der Waals surface area contributed by atoms with Gasteiger partial charge in [0.1, 0.15) is 11.2 Å². The number of carbonyl (C=O) groups excluding carboxylic acids is 2. The molecule has 0 N–H and O–H groups in total.